The number of carbonyl (C=O) groups is 2. The van der Waals surface area contributed by atoms with Gasteiger partial charge in [-0.15, -0.1) is 0 Å². The number of unbranched alkanes of at least 4 members (excludes halogenated alkanes) is 3. The molecule has 0 fully saturated rings. The molecule has 3 N–H and O–H groups in total. The van der Waals surface area contributed by atoms with Crippen LogP contribution >= 0.6 is 0 Å². The summed E-state index contributed by atoms with van der Waals surface area (Å²) in [6.07, 6.45) is 5.58. The van der Waals surface area contributed by atoms with E-state index in [0.29, 0.717) is 12.8 Å². The fourth-order valence-corrected chi connectivity index (χ4v) is 1.11. The number of hydroxylamine groups is 1. The molecular weight excluding hydrogens is 220 g/mol. The monoisotopic (exact) mass is 246 g/mol. The van der Waals surface area contributed by atoms with Crippen molar-refractivity contribution in [2.45, 2.75) is 58.8 Å². The molecule has 0 unspecified atom stereocenters. The largest absolute Gasteiger partial charge is 0.359 e. The first kappa shape index (κ1) is 18.3. The highest BCUT2D eigenvalue weighted by molar-refractivity contribution is 5.75. The number of hydrogen-bond acceptors (Lipinski definition) is 3. The second kappa shape index (κ2) is 14.9. The highest BCUT2D eigenvalue weighted by Crippen LogP contribution is 2.04. The molecule has 0 saturated carbocycles. The molecule has 0 aliphatic rings. The Labute approximate surface area is 104 Å². The molecular formula is C12H26N2O3. The molecule has 5 heteroatoms. The van der Waals surface area contributed by atoms with Crippen LogP contribution in [0.25, 0.3) is 0 Å². The van der Waals surface area contributed by atoms with Crippen molar-refractivity contribution in [1.29, 1.82) is 0 Å². The van der Waals surface area contributed by atoms with E-state index in [1.165, 1.54) is 6.42 Å². The Morgan fingerprint density at radius 1 is 0.941 bits per heavy atom. The van der Waals surface area contributed by atoms with E-state index in [9.17, 15) is 9.59 Å². The SMILES string of the molecule is CCC.CNC(=O)CCCCCCC(=O)NO. The minimum Gasteiger partial charge on any atom is -0.359 e. The van der Waals surface area contributed by atoms with Gasteiger partial charge in [0.2, 0.25) is 11.8 Å². The van der Waals surface area contributed by atoms with E-state index >= 15 is 0 Å². The van der Waals surface area contributed by atoms with Crippen LogP contribution in [-0.2, 0) is 9.59 Å². The lowest BCUT2D eigenvalue weighted by molar-refractivity contribution is -0.129. The van der Waals surface area contributed by atoms with E-state index < -0.39 is 0 Å². The fraction of sp³-hybridized carbons (Fsp3) is 0.833. The molecule has 0 aromatic rings. The van der Waals surface area contributed by atoms with Gasteiger partial charge in [-0.25, -0.2) is 5.48 Å². The lowest BCUT2D eigenvalue weighted by atomic mass is 10.1. The zero-order chi connectivity index (χ0) is 13.5. The maximum absolute atomic E-state index is 10.8. The van der Waals surface area contributed by atoms with Gasteiger partial charge in [0, 0.05) is 19.9 Å². The molecule has 0 bridgehead atoms. The van der Waals surface area contributed by atoms with Gasteiger partial charge in [-0.05, 0) is 12.8 Å². The minimum atomic E-state index is -0.351. The highest BCUT2D eigenvalue weighted by atomic mass is 16.5. The summed E-state index contributed by atoms with van der Waals surface area (Å²) in [6, 6.07) is 0. The van der Waals surface area contributed by atoms with Crippen molar-refractivity contribution in [2.75, 3.05) is 7.05 Å². The van der Waals surface area contributed by atoms with Crippen LogP contribution in [0, 0.1) is 0 Å². The Morgan fingerprint density at radius 2 is 1.35 bits per heavy atom. The topological polar surface area (TPSA) is 78.4 Å². The first-order valence-electron chi connectivity index (χ1n) is 6.25. The van der Waals surface area contributed by atoms with Gasteiger partial charge in [-0.1, -0.05) is 33.1 Å². The van der Waals surface area contributed by atoms with Crippen LogP contribution in [0.15, 0.2) is 0 Å². The van der Waals surface area contributed by atoms with Crippen molar-refractivity contribution in [2.24, 2.45) is 0 Å². The second-order valence-corrected chi connectivity index (χ2v) is 3.83. The van der Waals surface area contributed by atoms with Crippen LogP contribution < -0.4 is 10.8 Å². The van der Waals surface area contributed by atoms with Crippen LogP contribution in [0.3, 0.4) is 0 Å². The Balaban J connectivity index is 0. The summed E-state index contributed by atoms with van der Waals surface area (Å²) in [4.78, 5) is 21.4. The highest BCUT2D eigenvalue weighted by Gasteiger charge is 1.99. The van der Waals surface area contributed by atoms with Gasteiger partial charge in [0.1, 0.15) is 0 Å². The molecule has 5 nitrogen and oxygen atoms in total. The van der Waals surface area contributed by atoms with Crippen LogP contribution in [0.1, 0.15) is 58.8 Å². The van der Waals surface area contributed by atoms with E-state index in [4.69, 9.17) is 5.21 Å². The van der Waals surface area contributed by atoms with Crippen LogP contribution in [0.2, 0.25) is 0 Å². The molecule has 102 valence electrons. The van der Waals surface area contributed by atoms with Gasteiger partial charge < -0.3 is 5.32 Å². The number of rotatable bonds is 7. The normalized spacial score (nSPS) is 8.94. The maximum Gasteiger partial charge on any atom is 0.243 e. The van der Waals surface area contributed by atoms with E-state index in [1.807, 2.05) is 0 Å². The van der Waals surface area contributed by atoms with Gasteiger partial charge >= 0.3 is 0 Å². The number of nitrogens with one attached hydrogen (secondary N) is 2. The summed E-state index contributed by atoms with van der Waals surface area (Å²) < 4.78 is 0. The number of carbonyl (C=O) groups excluding carboxylic acids is 2. The van der Waals surface area contributed by atoms with Gasteiger partial charge in [0.15, 0.2) is 0 Å². The zero-order valence-corrected chi connectivity index (χ0v) is 11.2. The van der Waals surface area contributed by atoms with Crippen molar-refractivity contribution >= 4 is 11.8 Å². The average molecular weight is 246 g/mol. The number of hydrogen-bond donors (Lipinski definition) is 3. The maximum atomic E-state index is 10.8. The molecule has 0 spiro atoms. The molecule has 0 atom stereocenters. The van der Waals surface area contributed by atoms with Crippen molar-refractivity contribution in [3.63, 3.8) is 0 Å². The lowest BCUT2D eigenvalue weighted by Crippen LogP contribution is -2.18. The van der Waals surface area contributed by atoms with E-state index in [-0.39, 0.29) is 11.8 Å². The second-order valence-electron chi connectivity index (χ2n) is 3.83. The minimum absolute atomic E-state index is 0.0538. The predicted molar refractivity (Wildman–Crippen MR) is 67.7 cm³/mol. The first-order valence-corrected chi connectivity index (χ1v) is 6.25. The van der Waals surface area contributed by atoms with Gasteiger partial charge in [0.25, 0.3) is 0 Å². The molecule has 0 rings (SSSR count). The van der Waals surface area contributed by atoms with Crippen LogP contribution in [-0.4, -0.2) is 24.1 Å². The van der Waals surface area contributed by atoms with Crippen molar-refractivity contribution in [1.82, 2.24) is 10.8 Å². The third kappa shape index (κ3) is 17.5. The van der Waals surface area contributed by atoms with Gasteiger partial charge in [0.05, 0.1) is 0 Å². The smallest absolute Gasteiger partial charge is 0.243 e. The summed E-state index contributed by atoms with van der Waals surface area (Å²) in [5.74, 6) is -0.297. The molecule has 0 aromatic carbocycles. The molecule has 0 aliphatic heterocycles. The third-order valence-corrected chi connectivity index (χ3v) is 1.96. The lowest BCUT2D eigenvalue weighted by Gasteiger charge is -2.00. The first-order chi connectivity index (χ1) is 8.12. The molecule has 0 aliphatic carbocycles. The Bertz CT molecular complexity index is 176. The van der Waals surface area contributed by atoms with E-state index in [1.54, 1.807) is 12.5 Å². The van der Waals surface area contributed by atoms with E-state index in [2.05, 4.69) is 19.2 Å². The van der Waals surface area contributed by atoms with Crippen LogP contribution in [0.4, 0.5) is 0 Å². The summed E-state index contributed by atoms with van der Waals surface area (Å²) >= 11 is 0. The van der Waals surface area contributed by atoms with Crippen molar-refractivity contribution in [3.8, 4) is 0 Å². The Kier molecular flexibility index (Phi) is 16.0. The summed E-state index contributed by atoms with van der Waals surface area (Å²) in [7, 11) is 1.62. The molecule has 0 radical (unpaired) electrons. The Hall–Kier alpha value is -1.10. The molecule has 0 saturated heterocycles. The van der Waals surface area contributed by atoms with Gasteiger partial charge in [-0.2, -0.15) is 0 Å². The zero-order valence-electron chi connectivity index (χ0n) is 11.2. The molecule has 0 aromatic heterocycles. The summed E-state index contributed by atoms with van der Waals surface area (Å²) in [5.41, 5.74) is 1.58. The molecule has 0 heterocycles. The quantitative estimate of drug-likeness (QED) is 0.365. The van der Waals surface area contributed by atoms with Crippen molar-refractivity contribution < 1.29 is 14.8 Å². The summed E-state index contributed by atoms with van der Waals surface area (Å²) in [5, 5.41) is 10.7. The predicted octanol–water partition coefficient (Wildman–Crippen LogP) is 1.99. The third-order valence-electron chi connectivity index (χ3n) is 1.96. The summed E-state index contributed by atoms with van der Waals surface area (Å²) in [6.45, 7) is 4.25. The van der Waals surface area contributed by atoms with E-state index in [0.717, 1.165) is 25.7 Å². The molecule has 2 amide bonds. The Morgan fingerprint density at radius 3 is 1.71 bits per heavy atom. The fourth-order valence-electron chi connectivity index (χ4n) is 1.11. The molecule has 17 heavy (non-hydrogen) atoms. The standard InChI is InChI=1S/C9H18N2O3.C3H8/c1-10-8(12)6-4-2-3-5-7-9(13)11-14;1-3-2/h14H,2-7H2,1H3,(H,10,12)(H,11,13);3H2,1-2H3. The van der Waals surface area contributed by atoms with Gasteiger partial charge in [-0.3, -0.25) is 14.8 Å². The van der Waals surface area contributed by atoms with Crippen LogP contribution in [0.5, 0.6) is 0 Å². The van der Waals surface area contributed by atoms with Crippen molar-refractivity contribution in [3.05, 3.63) is 0 Å². The average Bonchev–Trinajstić information content (AvgIpc) is 2.33. The number of amides is 2.